The van der Waals surface area contributed by atoms with Gasteiger partial charge in [-0.05, 0) is 0 Å². The maximum absolute atomic E-state index is 10.2. The van der Waals surface area contributed by atoms with Crippen LogP contribution in [-0.4, -0.2) is 32.1 Å². The zero-order chi connectivity index (χ0) is 7.40. The molecular formula is C7H11NO2. The van der Waals surface area contributed by atoms with Gasteiger partial charge >= 0.3 is 0 Å². The average molecular weight is 141 g/mol. The lowest BCUT2D eigenvalue weighted by atomic mass is 10.2. The molecule has 3 nitrogen and oxygen atoms in total. The van der Waals surface area contributed by atoms with Crippen LogP contribution in [0.5, 0.6) is 0 Å². The first-order chi connectivity index (χ1) is 4.84. The lowest BCUT2D eigenvalue weighted by Crippen LogP contribution is -2.39. The van der Waals surface area contributed by atoms with Crippen LogP contribution in [0.3, 0.4) is 0 Å². The molecule has 1 unspecified atom stereocenters. The van der Waals surface area contributed by atoms with Gasteiger partial charge in [-0.2, -0.15) is 0 Å². The molecule has 0 aromatic rings. The van der Waals surface area contributed by atoms with Gasteiger partial charge in [0, 0.05) is 18.7 Å². The molecule has 1 N–H and O–H groups in total. The van der Waals surface area contributed by atoms with Crippen LogP contribution in [0.4, 0.5) is 0 Å². The predicted octanol–water partition coefficient (Wildman–Crippen LogP) is -0.270. The van der Waals surface area contributed by atoms with Gasteiger partial charge in [-0.3, -0.25) is 4.79 Å². The van der Waals surface area contributed by atoms with Crippen molar-refractivity contribution in [3.8, 4) is 0 Å². The van der Waals surface area contributed by atoms with Crippen LogP contribution in [0.15, 0.2) is 12.2 Å². The number of rotatable bonds is 2. The van der Waals surface area contributed by atoms with Crippen molar-refractivity contribution in [2.45, 2.75) is 6.10 Å². The number of carbonyl (C=O) groups is 1. The van der Waals surface area contributed by atoms with E-state index in [4.69, 9.17) is 4.74 Å². The highest BCUT2D eigenvalue weighted by Gasteiger charge is 2.15. The first-order valence-electron chi connectivity index (χ1n) is 3.31. The van der Waals surface area contributed by atoms with Crippen molar-refractivity contribution in [3.05, 3.63) is 12.2 Å². The van der Waals surface area contributed by atoms with Gasteiger partial charge in [0.1, 0.15) is 6.29 Å². The normalized spacial score (nSPS) is 25.8. The molecule has 10 heavy (non-hydrogen) atoms. The molecule has 1 aliphatic rings. The van der Waals surface area contributed by atoms with E-state index in [0.717, 1.165) is 12.8 Å². The number of carbonyl (C=O) groups excluding carboxylic acids is 1. The first kappa shape index (κ1) is 7.44. The van der Waals surface area contributed by atoms with E-state index in [-0.39, 0.29) is 6.10 Å². The molecule has 3 heteroatoms. The number of hydrogen-bond donors (Lipinski definition) is 1. The summed E-state index contributed by atoms with van der Waals surface area (Å²) in [6, 6.07) is 0. The maximum Gasteiger partial charge on any atom is 0.148 e. The summed E-state index contributed by atoms with van der Waals surface area (Å²) in [7, 11) is 0. The Morgan fingerprint density at radius 3 is 3.10 bits per heavy atom. The van der Waals surface area contributed by atoms with Crippen LogP contribution in [-0.2, 0) is 9.53 Å². The van der Waals surface area contributed by atoms with Crippen LogP contribution in [0, 0.1) is 0 Å². The summed E-state index contributed by atoms with van der Waals surface area (Å²) in [6.45, 7) is 5.80. The van der Waals surface area contributed by atoms with Crippen LogP contribution >= 0.6 is 0 Å². The van der Waals surface area contributed by atoms with Crippen molar-refractivity contribution in [2.24, 2.45) is 0 Å². The van der Waals surface area contributed by atoms with Crippen LogP contribution in [0.2, 0.25) is 0 Å². The Labute approximate surface area is 60.1 Å². The van der Waals surface area contributed by atoms with E-state index in [1.165, 1.54) is 0 Å². The number of hydrogen-bond acceptors (Lipinski definition) is 3. The largest absolute Gasteiger partial charge is 0.371 e. The van der Waals surface area contributed by atoms with Crippen molar-refractivity contribution in [3.63, 3.8) is 0 Å². The van der Waals surface area contributed by atoms with E-state index in [1.807, 2.05) is 0 Å². The van der Waals surface area contributed by atoms with Gasteiger partial charge in [0.15, 0.2) is 0 Å². The van der Waals surface area contributed by atoms with E-state index in [0.29, 0.717) is 18.7 Å². The molecule has 0 aliphatic carbocycles. The fourth-order valence-corrected chi connectivity index (χ4v) is 0.879. The Morgan fingerprint density at radius 2 is 2.60 bits per heavy atom. The third-order valence-corrected chi connectivity index (χ3v) is 1.49. The molecule has 0 spiro atoms. The molecular weight excluding hydrogens is 130 g/mol. The second-order valence-corrected chi connectivity index (χ2v) is 2.26. The molecule has 1 rings (SSSR count). The molecule has 0 bridgehead atoms. The summed E-state index contributed by atoms with van der Waals surface area (Å²) in [5, 5.41) is 3.11. The molecule has 1 saturated heterocycles. The van der Waals surface area contributed by atoms with Gasteiger partial charge in [-0.1, -0.05) is 6.58 Å². The second kappa shape index (κ2) is 3.49. The average Bonchev–Trinajstić information content (AvgIpc) is 2.05. The van der Waals surface area contributed by atoms with Crippen molar-refractivity contribution in [1.82, 2.24) is 5.32 Å². The highest BCUT2D eigenvalue weighted by atomic mass is 16.5. The first-order valence-corrected chi connectivity index (χ1v) is 3.31. The third kappa shape index (κ3) is 1.65. The van der Waals surface area contributed by atoms with Gasteiger partial charge in [0.05, 0.1) is 12.7 Å². The monoisotopic (exact) mass is 141 g/mol. The summed E-state index contributed by atoms with van der Waals surface area (Å²) < 4.78 is 5.24. The summed E-state index contributed by atoms with van der Waals surface area (Å²) in [6.07, 6.45) is 0.642. The minimum atomic E-state index is -0.105. The Hall–Kier alpha value is -0.670. The quantitative estimate of drug-likeness (QED) is 0.425. The van der Waals surface area contributed by atoms with Crippen LogP contribution in [0.1, 0.15) is 0 Å². The van der Waals surface area contributed by atoms with E-state index in [9.17, 15) is 4.79 Å². The fourth-order valence-electron chi connectivity index (χ4n) is 0.879. The van der Waals surface area contributed by atoms with Crippen molar-refractivity contribution < 1.29 is 9.53 Å². The summed E-state index contributed by atoms with van der Waals surface area (Å²) in [4.78, 5) is 10.2. The second-order valence-electron chi connectivity index (χ2n) is 2.26. The molecule has 0 aromatic carbocycles. The van der Waals surface area contributed by atoms with Crippen molar-refractivity contribution >= 4 is 6.29 Å². The smallest absolute Gasteiger partial charge is 0.148 e. The van der Waals surface area contributed by atoms with Gasteiger partial charge < -0.3 is 10.1 Å². The molecule has 0 radical (unpaired) electrons. The summed E-state index contributed by atoms with van der Waals surface area (Å²) in [5.74, 6) is 0. The SMILES string of the molecule is C=C(C=O)C1CNCCO1. The number of aldehydes is 1. The third-order valence-electron chi connectivity index (χ3n) is 1.49. The zero-order valence-corrected chi connectivity index (χ0v) is 5.80. The van der Waals surface area contributed by atoms with E-state index >= 15 is 0 Å². The molecule has 1 aliphatic heterocycles. The van der Waals surface area contributed by atoms with Gasteiger partial charge in [0.2, 0.25) is 0 Å². The predicted molar refractivity (Wildman–Crippen MR) is 37.8 cm³/mol. The van der Waals surface area contributed by atoms with Gasteiger partial charge in [0.25, 0.3) is 0 Å². The topological polar surface area (TPSA) is 38.3 Å². The highest BCUT2D eigenvalue weighted by molar-refractivity contribution is 5.73. The lowest BCUT2D eigenvalue weighted by Gasteiger charge is -2.22. The molecule has 1 heterocycles. The standard InChI is InChI=1S/C7H11NO2/c1-6(5-9)7-4-8-2-3-10-7/h5,7-8H,1-4H2. The number of nitrogens with one attached hydrogen (secondary N) is 1. The Balaban J connectivity index is 2.38. The van der Waals surface area contributed by atoms with E-state index in [1.54, 1.807) is 0 Å². The van der Waals surface area contributed by atoms with Crippen LogP contribution < -0.4 is 5.32 Å². The molecule has 0 amide bonds. The molecule has 1 atom stereocenters. The fraction of sp³-hybridized carbons (Fsp3) is 0.571. The summed E-state index contributed by atoms with van der Waals surface area (Å²) in [5.41, 5.74) is 0.521. The minimum Gasteiger partial charge on any atom is -0.371 e. The Morgan fingerprint density at radius 1 is 1.80 bits per heavy atom. The lowest BCUT2D eigenvalue weighted by molar-refractivity contribution is -0.106. The maximum atomic E-state index is 10.2. The summed E-state index contributed by atoms with van der Waals surface area (Å²) >= 11 is 0. The molecule has 0 aromatic heterocycles. The zero-order valence-electron chi connectivity index (χ0n) is 5.80. The van der Waals surface area contributed by atoms with Gasteiger partial charge in [-0.25, -0.2) is 0 Å². The number of ether oxygens (including phenoxy) is 1. The number of morpholine rings is 1. The molecule has 0 saturated carbocycles. The van der Waals surface area contributed by atoms with Crippen molar-refractivity contribution in [2.75, 3.05) is 19.7 Å². The molecule has 56 valence electrons. The van der Waals surface area contributed by atoms with Crippen LogP contribution in [0.25, 0.3) is 0 Å². The minimum absolute atomic E-state index is 0.105. The molecule has 1 fully saturated rings. The highest BCUT2D eigenvalue weighted by Crippen LogP contribution is 2.03. The van der Waals surface area contributed by atoms with Crippen molar-refractivity contribution in [1.29, 1.82) is 0 Å². The van der Waals surface area contributed by atoms with Gasteiger partial charge in [-0.15, -0.1) is 0 Å². The Kier molecular flexibility index (Phi) is 2.59. The van der Waals surface area contributed by atoms with E-state index < -0.39 is 0 Å². The van der Waals surface area contributed by atoms with E-state index in [2.05, 4.69) is 11.9 Å². The Bertz CT molecular complexity index is 139.